The highest BCUT2D eigenvalue weighted by molar-refractivity contribution is 6.30. The summed E-state index contributed by atoms with van der Waals surface area (Å²) < 4.78 is 6.44. The average Bonchev–Trinajstić information content (AvgIpc) is 2.96. The van der Waals surface area contributed by atoms with Crippen LogP contribution in [0.25, 0.3) is 0 Å². The Morgan fingerprint density at radius 1 is 1.26 bits per heavy atom. The van der Waals surface area contributed by atoms with Crippen molar-refractivity contribution in [1.29, 1.82) is 0 Å². The number of ether oxygens (including phenoxy) is 1. The van der Waals surface area contributed by atoms with Gasteiger partial charge >= 0.3 is 5.97 Å². The number of fused-ring (bicyclic) bond motifs is 3. The molecule has 5 rings (SSSR count). The molecule has 3 atom stereocenters. The molecule has 2 aromatic carbocycles. The van der Waals surface area contributed by atoms with E-state index in [4.69, 9.17) is 16.3 Å². The van der Waals surface area contributed by atoms with Crippen LogP contribution in [-0.4, -0.2) is 43.9 Å². The first-order valence-corrected chi connectivity index (χ1v) is 12.7. The van der Waals surface area contributed by atoms with E-state index in [9.17, 15) is 9.90 Å². The van der Waals surface area contributed by atoms with E-state index in [2.05, 4.69) is 28.9 Å². The minimum atomic E-state index is -0.908. The van der Waals surface area contributed by atoms with Crippen molar-refractivity contribution in [2.24, 2.45) is 11.8 Å². The highest BCUT2D eigenvalue weighted by atomic mass is 35.5. The molecule has 34 heavy (non-hydrogen) atoms. The predicted molar refractivity (Wildman–Crippen MR) is 136 cm³/mol. The van der Waals surface area contributed by atoms with Gasteiger partial charge in [-0.15, -0.1) is 6.58 Å². The Hall–Kier alpha value is -2.50. The second-order valence-corrected chi connectivity index (χ2v) is 10.6. The smallest absolute Gasteiger partial charge is 0.335 e. The molecule has 1 saturated carbocycles. The molecule has 6 heteroatoms. The zero-order valence-corrected chi connectivity index (χ0v) is 20.3. The number of rotatable bonds is 7. The summed E-state index contributed by atoms with van der Waals surface area (Å²) in [6.07, 6.45) is 7.51. The molecule has 0 bridgehead atoms. The third-order valence-corrected chi connectivity index (χ3v) is 8.24. The molecule has 2 aliphatic carbocycles. The zero-order chi connectivity index (χ0) is 23.7. The van der Waals surface area contributed by atoms with Crippen molar-refractivity contribution in [3.05, 3.63) is 70.8 Å². The van der Waals surface area contributed by atoms with Crippen LogP contribution in [0.2, 0.25) is 5.02 Å². The first kappa shape index (κ1) is 23.3. The number of nitrogens with zero attached hydrogens (tertiary/aromatic N) is 1. The monoisotopic (exact) mass is 480 g/mol. The van der Waals surface area contributed by atoms with Gasteiger partial charge < -0.3 is 20.1 Å². The Balaban J connectivity index is 1.49. The van der Waals surface area contributed by atoms with Crippen LogP contribution in [0.4, 0.5) is 5.69 Å². The lowest BCUT2D eigenvalue weighted by Crippen LogP contribution is -2.49. The van der Waals surface area contributed by atoms with E-state index in [1.807, 2.05) is 18.2 Å². The van der Waals surface area contributed by atoms with Gasteiger partial charge in [-0.3, -0.25) is 0 Å². The number of anilines is 1. The SMILES string of the molecule is C=CCNC[C@@H]1CC[C@H]1CN1C[C@@]2(CCCc3cc(Cl)ccc32)COc2ccc(C(=O)O)cc21. The molecule has 1 aliphatic heterocycles. The second kappa shape index (κ2) is 9.63. The number of hydrogen-bond acceptors (Lipinski definition) is 4. The van der Waals surface area contributed by atoms with Crippen molar-refractivity contribution < 1.29 is 14.6 Å². The van der Waals surface area contributed by atoms with Crippen LogP contribution in [0.15, 0.2) is 49.1 Å². The van der Waals surface area contributed by atoms with Crippen molar-refractivity contribution in [2.45, 2.75) is 37.5 Å². The summed E-state index contributed by atoms with van der Waals surface area (Å²) in [7, 11) is 0. The van der Waals surface area contributed by atoms with Gasteiger partial charge in [-0.2, -0.15) is 0 Å². The van der Waals surface area contributed by atoms with Crippen LogP contribution in [0.1, 0.15) is 47.2 Å². The molecular formula is C28H33ClN2O3. The normalized spacial score (nSPS) is 25.5. The summed E-state index contributed by atoms with van der Waals surface area (Å²) in [5.41, 5.74) is 3.72. The number of aromatic carboxylic acids is 1. The van der Waals surface area contributed by atoms with Crippen LogP contribution in [0.5, 0.6) is 5.75 Å². The highest BCUT2D eigenvalue weighted by Crippen LogP contribution is 2.46. The number of carbonyl (C=O) groups is 1. The van der Waals surface area contributed by atoms with Crippen LogP contribution < -0.4 is 15.0 Å². The van der Waals surface area contributed by atoms with Gasteiger partial charge in [0.1, 0.15) is 5.75 Å². The Morgan fingerprint density at radius 2 is 2.12 bits per heavy atom. The topological polar surface area (TPSA) is 61.8 Å². The molecule has 0 radical (unpaired) electrons. The van der Waals surface area contributed by atoms with Gasteiger partial charge in [0.2, 0.25) is 0 Å². The number of hydrogen-bond donors (Lipinski definition) is 2. The van der Waals surface area contributed by atoms with Crippen LogP contribution >= 0.6 is 11.6 Å². The molecule has 2 N–H and O–H groups in total. The zero-order valence-electron chi connectivity index (χ0n) is 19.6. The van der Waals surface area contributed by atoms with E-state index in [0.717, 1.165) is 61.9 Å². The highest BCUT2D eigenvalue weighted by Gasteiger charge is 2.43. The summed E-state index contributed by atoms with van der Waals surface area (Å²) in [6.45, 7) is 7.94. The molecule has 180 valence electrons. The second-order valence-electron chi connectivity index (χ2n) is 10.1. The third kappa shape index (κ3) is 4.44. The molecule has 3 aliphatic rings. The number of carboxylic acid groups (broad SMARTS) is 1. The molecule has 1 fully saturated rings. The van der Waals surface area contributed by atoms with Crippen LogP contribution in [0, 0.1) is 11.8 Å². The van der Waals surface area contributed by atoms with Crippen molar-refractivity contribution in [3.63, 3.8) is 0 Å². The van der Waals surface area contributed by atoms with E-state index >= 15 is 0 Å². The summed E-state index contributed by atoms with van der Waals surface area (Å²) >= 11 is 6.34. The molecule has 1 spiro atoms. The molecular weight excluding hydrogens is 448 g/mol. The van der Waals surface area contributed by atoms with Crippen molar-refractivity contribution >= 4 is 23.3 Å². The molecule has 2 aromatic rings. The lowest BCUT2D eigenvalue weighted by Gasteiger charge is -2.44. The van der Waals surface area contributed by atoms with Crippen LogP contribution in [0.3, 0.4) is 0 Å². The Bertz CT molecular complexity index is 1090. The first-order valence-electron chi connectivity index (χ1n) is 12.3. The van der Waals surface area contributed by atoms with Crippen molar-refractivity contribution in [1.82, 2.24) is 5.32 Å². The summed E-state index contributed by atoms with van der Waals surface area (Å²) in [6, 6.07) is 11.6. The van der Waals surface area contributed by atoms with E-state index in [0.29, 0.717) is 24.0 Å². The molecule has 0 saturated heterocycles. The summed E-state index contributed by atoms with van der Waals surface area (Å²) in [5, 5.41) is 13.9. The Kier molecular flexibility index (Phi) is 6.59. The number of carboxylic acids is 1. The minimum Gasteiger partial charge on any atom is -0.490 e. The summed E-state index contributed by atoms with van der Waals surface area (Å²) in [5.74, 6) is 1.07. The fourth-order valence-electron chi connectivity index (χ4n) is 6.05. The van der Waals surface area contributed by atoms with E-state index in [1.165, 1.54) is 24.0 Å². The molecule has 1 heterocycles. The standard InChI is InChI=1S/C28H33ClN2O3/c1-2-12-30-15-21-5-6-22(21)16-31-17-28(11-3-4-19-13-23(29)8-9-24(19)28)18-34-26-10-7-20(27(32)33)14-25(26)31/h2,7-10,13-14,21-22,30H,1,3-6,11-12,15-18H2,(H,32,33)/t21-,22-,28-/m0/s1. The van der Waals surface area contributed by atoms with Gasteiger partial charge in [-0.1, -0.05) is 23.7 Å². The predicted octanol–water partition coefficient (Wildman–Crippen LogP) is 5.31. The number of benzene rings is 2. The van der Waals surface area contributed by atoms with E-state index < -0.39 is 5.97 Å². The first-order chi connectivity index (χ1) is 16.5. The maximum atomic E-state index is 11.8. The lowest BCUT2D eigenvalue weighted by molar-refractivity contribution is 0.0697. The molecule has 0 unspecified atom stereocenters. The van der Waals surface area contributed by atoms with Crippen LogP contribution in [-0.2, 0) is 11.8 Å². The molecule has 0 aromatic heterocycles. The molecule has 0 amide bonds. The van der Waals surface area contributed by atoms with Crippen molar-refractivity contribution in [3.8, 4) is 5.75 Å². The fraction of sp³-hybridized carbons (Fsp3) is 0.464. The van der Waals surface area contributed by atoms with E-state index in [-0.39, 0.29) is 5.41 Å². The van der Waals surface area contributed by atoms with Gasteiger partial charge in [0.15, 0.2) is 0 Å². The van der Waals surface area contributed by atoms with Crippen molar-refractivity contribution in [2.75, 3.05) is 37.7 Å². The fourth-order valence-corrected chi connectivity index (χ4v) is 6.24. The Labute approximate surface area is 206 Å². The van der Waals surface area contributed by atoms with Gasteiger partial charge in [-0.05, 0) is 91.9 Å². The largest absolute Gasteiger partial charge is 0.490 e. The molecule has 5 nitrogen and oxygen atoms in total. The number of halogens is 1. The maximum Gasteiger partial charge on any atom is 0.335 e. The average molecular weight is 481 g/mol. The lowest BCUT2D eigenvalue weighted by atomic mass is 9.69. The van der Waals surface area contributed by atoms with Gasteiger partial charge in [0, 0.05) is 30.1 Å². The maximum absolute atomic E-state index is 11.8. The summed E-state index contributed by atoms with van der Waals surface area (Å²) in [4.78, 5) is 14.2. The van der Waals surface area contributed by atoms with Gasteiger partial charge in [-0.25, -0.2) is 4.79 Å². The van der Waals surface area contributed by atoms with E-state index in [1.54, 1.807) is 12.1 Å². The quantitative estimate of drug-likeness (QED) is 0.415. The minimum absolute atomic E-state index is 0.138. The third-order valence-electron chi connectivity index (χ3n) is 8.01. The number of aryl methyl sites for hydroxylation is 1. The van der Waals surface area contributed by atoms with Gasteiger partial charge in [0.25, 0.3) is 0 Å². The van der Waals surface area contributed by atoms with Gasteiger partial charge in [0.05, 0.1) is 17.9 Å². The number of nitrogens with one attached hydrogen (secondary N) is 1. The Morgan fingerprint density at radius 3 is 2.88 bits per heavy atom.